The molecule has 1 fully saturated rings. The van der Waals surface area contributed by atoms with Crippen molar-refractivity contribution in [1.29, 1.82) is 0 Å². The van der Waals surface area contributed by atoms with E-state index in [1.165, 1.54) is 49.0 Å². The Morgan fingerprint density at radius 2 is 2.14 bits per heavy atom. The van der Waals surface area contributed by atoms with E-state index < -0.39 is 0 Å². The van der Waals surface area contributed by atoms with Gasteiger partial charge in [-0.05, 0) is 56.7 Å². The number of hydrogen-bond acceptors (Lipinski definition) is 5. The van der Waals surface area contributed by atoms with Crippen molar-refractivity contribution in [2.75, 3.05) is 13.1 Å². The summed E-state index contributed by atoms with van der Waals surface area (Å²) in [6.45, 7) is 2.08. The highest BCUT2D eigenvalue weighted by atomic mass is 32.1. The molecule has 0 radical (unpaired) electrons. The number of nitrogens with one attached hydrogen (secondary N) is 1. The summed E-state index contributed by atoms with van der Waals surface area (Å²) in [4.78, 5) is 7.35. The fourth-order valence-electron chi connectivity index (χ4n) is 3.35. The van der Waals surface area contributed by atoms with Crippen LogP contribution in [0.25, 0.3) is 10.8 Å². The number of thiophene rings is 1. The van der Waals surface area contributed by atoms with Crippen molar-refractivity contribution < 1.29 is 4.52 Å². The summed E-state index contributed by atoms with van der Waals surface area (Å²) in [5.41, 5.74) is 1.51. The molecule has 0 amide bonds. The van der Waals surface area contributed by atoms with Gasteiger partial charge in [-0.3, -0.25) is 0 Å². The van der Waals surface area contributed by atoms with Gasteiger partial charge >= 0.3 is 0 Å². The maximum atomic E-state index is 5.53. The molecule has 1 aliphatic carbocycles. The Bertz CT molecular complexity index is 589. The van der Waals surface area contributed by atoms with Gasteiger partial charge in [-0.1, -0.05) is 11.6 Å². The summed E-state index contributed by atoms with van der Waals surface area (Å²) in [7, 11) is 0. The van der Waals surface area contributed by atoms with E-state index in [0.29, 0.717) is 11.8 Å². The van der Waals surface area contributed by atoms with Crippen LogP contribution >= 0.6 is 11.3 Å². The van der Waals surface area contributed by atoms with Crippen LogP contribution in [0.2, 0.25) is 0 Å². The average Bonchev–Trinajstić information content (AvgIpc) is 3.11. The van der Waals surface area contributed by atoms with Gasteiger partial charge in [-0.25, -0.2) is 0 Å². The molecule has 0 saturated carbocycles. The minimum Gasteiger partial charge on any atom is -0.333 e. The number of piperidine rings is 1. The maximum Gasteiger partial charge on any atom is 0.268 e. The number of aryl methyl sites for hydroxylation is 2. The lowest BCUT2D eigenvalue weighted by Crippen LogP contribution is -2.28. The highest BCUT2D eigenvalue weighted by Crippen LogP contribution is 2.35. The molecule has 1 N–H and O–H groups in total. The van der Waals surface area contributed by atoms with E-state index >= 15 is 0 Å². The second kappa shape index (κ2) is 5.89. The van der Waals surface area contributed by atoms with Gasteiger partial charge in [0.15, 0.2) is 5.82 Å². The zero-order chi connectivity index (χ0) is 14.1. The lowest BCUT2D eigenvalue weighted by molar-refractivity contribution is 0.393. The summed E-state index contributed by atoms with van der Waals surface area (Å²) in [6, 6.07) is 2.28. The lowest BCUT2D eigenvalue weighted by atomic mass is 9.99. The van der Waals surface area contributed by atoms with Crippen LogP contribution in [0.15, 0.2) is 10.6 Å². The quantitative estimate of drug-likeness (QED) is 0.862. The Balaban J connectivity index is 1.57. The van der Waals surface area contributed by atoms with Crippen LogP contribution in [0.4, 0.5) is 0 Å². The van der Waals surface area contributed by atoms with Crippen LogP contribution in [0.1, 0.15) is 54.3 Å². The van der Waals surface area contributed by atoms with E-state index in [2.05, 4.69) is 21.5 Å². The molecule has 0 aromatic carbocycles. The second-order valence-corrected chi connectivity index (χ2v) is 7.26. The lowest BCUT2D eigenvalue weighted by Gasteiger charge is -2.19. The maximum absolute atomic E-state index is 5.53. The Morgan fingerprint density at radius 3 is 3.05 bits per heavy atom. The van der Waals surface area contributed by atoms with Gasteiger partial charge < -0.3 is 9.84 Å². The summed E-state index contributed by atoms with van der Waals surface area (Å²) < 4.78 is 5.53. The molecule has 4 rings (SSSR count). The molecule has 2 aliphatic rings. The van der Waals surface area contributed by atoms with Crippen LogP contribution in [0, 0.1) is 0 Å². The first kappa shape index (κ1) is 13.5. The summed E-state index contributed by atoms with van der Waals surface area (Å²) in [5, 5.41) is 7.63. The van der Waals surface area contributed by atoms with Gasteiger partial charge in [0.1, 0.15) is 0 Å². The van der Waals surface area contributed by atoms with Crippen molar-refractivity contribution >= 4 is 11.3 Å². The molecule has 4 nitrogen and oxygen atoms in total. The van der Waals surface area contributed by atoms with Crippen LogP contribution in [0.5, 0.6) is 0 Å². The standard InChI is InChI=1S/C16H21N3OS/c1-2-5-11-9-14(21-13(11)7-3-1)16-18-15(19-20-16)12-6-4-8-17-10-12/h9,12,17H,1-8,10H2. The molecule has 2 aromatic heterocycles. The molecule has 5 heteroatoms. The summed E-state index contributed by atoms with van der Waals surface area (Å²) in [6.07, 6.45) is 8.76. The van der Waals surface area contributed by atoms with Crippen molar-refractivity contribution in [2.24, 2.45) is 0 Å². The van der Waals surface area contributed by atoms with Crippen LogP contribution < -0.4 is 5.32 Å². The average molecular weight is 303 g/mol. The molecular formula is C16H21N3OS. The zero-order valence-electron chi connectivity index (χ0n) is 12.2. The fourth-order valence-corrected chi connectivity index (χ4v) is 4.52. The number of hydrogen-bond donors (Lipinski definition) is 1. The number of rotatable bonds is 2. The van der Waals surface area contributed by atoms with Crippen LogP contribution in [-0.4, -0.2) is 23.2 Å². The van der Waals surface area contributed by atoms with E-state index in [-0.39, 0.29) is 0 Å². The third-order valence-electron chi connectivity index (χ3n) is 4.56. The van der Waals surface area contributed by atoms with E-state index in [9.17, 15) is 0 Å². The van der Waals surface area contributed by atoms with Crippen LogP contribution in [0.3, 0.4) is 0 Å². The van der Waals surface area contributed by atoms with E-state index in [1.807, 2.05) is 11.3 Å². The first-order valence-electron chi connectivity index (χ1n) is 8.06. The number of nitrogens with zero attached hydrogens (tertiary/aromatic N) is 2. The van der Waals surface area contributed by atoms with E-state index in [1.54, 1.807) is 0 Å². The summed E-state index contributed by atoms with van der Waals surface area (Å²) in [5.74, 6) is 2.00. The number of fused-ring (bicyclic) bond motifs is 1. The predicted molar refractivity (Wildman–Crippen MR) is 83.7 cm³/mol. The molecule has 0 spiro atoms. The van der Waals surface area contributed by atoms with E-state index in [0.717, 1.165) is 30.2 Å². The van der Waals surface area contributed by atoms with Gasteiger partial charge in [-0.15, -0.1) is 11.3 Å². The first-order valence-corrected chi connectivity index (χ1v) is 8.88. The minimum absolute atomic E-state index is 0.411. The first-order chi connectivity index (χ1) is 10.4. The van der Waals surface area contributed by atoms with Gasteiger partial charge in [0, 0.05) is 17.3 Å². The largest absolute Gasteiger partial charge is 0.333 e. The minimum atomic E-state index is 0.411. The van der Waals surface area contributed by atoms with Crippen LogP contribution in [-0.2, 0) is 12.8 Å². The Hall–Kier alpha value is -1.20. The monoisotopic (exact) mass is 303 g/mol. The second-order valence-electron chi connectivity index (χ2n) is 6.12. The van der Waals surface area contributed by atoms with Gasteiger partial charge in [-0.2, -0.15) is 4.98 Å². The van der Waals surface area contributed by atoms with Gasteiger partial charge in [0.2, 0.25) is 0 Å². The summed E-state index contributed by atoms with van der Waals surface area (Å²) >= 11 is 1.85. The van der Waals surface area contributed by atoms with Crippen molar-refractivity contribution in [2.45, 2.75) is 50.9 Å². The molecule has 3 heterocycles. The smallest absolute Gasteiger partial charge is 0.268 e. The van der Waals surface area contributed by atoms with Gasteiger partial charge in [0.25, 0.3) is 5.89 Å². The highest BCUT2D eigenvalue weighted by Gasteiger charge is 2.22. The third-order valence-corrected chi connectivity index (χ3v) is 5.79. The molecular weight excluding hydrogens is 282 g/mol. The Morgan fingerprint density at radius 1 is 1.19 bits per heavy atom. The molecule has 1 saturated heterocycles. The Labute approximate surface area is 129 Å². The molecule has 112 valence electrons. The molecule has 1 atom stereocenters. The predicted octanol–water partition coefficient (Wildman–Crippen LogP) is 3.53. The molecule has 2 aromatic rings. The third kappa shape index (κ3) is 2.77. The van der Waals surface area contributed by atoms with E-state index in [4.69, 9.17) is 4.52 Å². The molecule has 0 bridgehead atoms. The fraction of sp³-hybridized carbons (Fsp3) is 0.625. The van der Waals surface area contributed by atoms with Gasteiger partial charge in [0.05, 0.1) is 4.88 Å². The van der Waals surface area contributed by atoms with Crippen molar-refractivity contribution in [1.82, 2.24) is 15.5 Å². The topological polar surface area (TPSA) is 51.0 Å². The molecule has 1 aliphatic heterocycles. The molecule has 21 heavy (non-hydrogen) atoms. The Kier molecular flexibility index (Phi) is 3.78. The highest BCUT2D eigenvalue weighted by molar-refractivity contribution is 7.15. The molecule has 1 unspecified atom stereocenters. The normalized spacial score (nSPS) is 22.8. The number of aromatic nitrogens is 2. The zero-order valence-corrected chi connectivity index (χ0v) is 13.0. The van der Waals surface area contributed by atoms with Crippen molar-refractivity contribution in [3.63, 3.8) is 0 Å². The van der Waals surface area contributed by atoms with Crippen molar-refractivity contribution in [3.05, 3.63) is 22.3 Å². The SMILES string of the molecule is c1c(-c2nc(C3CCCNC3)no2)sc2c1CCCCC2. The van der Waals surface area contributed by atoms with Crippen molar-refractivity contribution in [3.8, 4) is 10.8 Å².